The molecule has 2 aromatic heterocycles. The summed E-state index contributed by atoms with van der Waals surface area (Å²) in [4.78, 5) is 31.0. The first-order chi connectivity index (χ1) is 14.6. The van der Waals surface area contributed by atoms with Crippen LogP contribution in [0.1, 0.15) is 12.1 Å². The minimum absolute atomic E-state index is 0.108. The van der Waals surface area contributed by atoms with Gasteiger partial charge in [0.25, 0.3) is 0 Å². The van der Waals surface area contributed by atoms with Gasteiger partial charge in [0.1, 0.15) is 5.75 Å². The van der Waals surface area contributed by atoms with Gasteiger partial charge < -0.3 is 15.0 Å². The Bertz CT molecular complexity index is 1040. The molecule has 4 rings (SSSR count). The number of anilines is 2. The number of rotatable bonds is 7. The molecule has 154 valence electrons. The Labute approximate surface area is 181 Å². The quantitative estimate of drug-likeness (QED) is 0.444. The van der Waals surface area contributed by atoms with Crippen LogP contribution in [-0.2, 0) is 15.3 Å². The van der Waals surface area contributed by atoms with Crippen molar-refractivity contribution in [3.63, 3.8) is 0 Å². The Balaban J connectivity index is 1.35. The first-order valence-electron chi connectivity index (χ1n) is 9.24. The molecule has 1 aliphatic heterocycles. The molecule has 0 spiro atoms. The van der Waals surface area contributed by atoms with Crippen molar-refractivity contribution in [1.82, 2.24) is 15.2 Å². The van der Waals surface area contributed by atoms with Crippen LogP contribution < -0.4 is 15.0 Å². The molecule has 10 heteroatoms. The summed E-state index contributed by atoms with van der Waals surface area (Å²) in [5.41, 5.74) is 1.62. The number of ether oxygens (including phenoxy) is 1. The van der Waals surface area contributed by atoms with E-state index in [-0.39, 0.29) is 18.2 Å². The number of carbonyl (C=O) groups is 2. The number of para-hydroxylation sites is 2. The van der Waals surface area contributed by atoms with Gasteiger partial charge in [0, 0.05) is 24.9 Å². The van der Waals surface area contributed by atoms with Crippen LogP contribution in [0.5, 0.6) is 5.75 Å². The molecule has 1 N–H and O–H groups in total. The second-order valence-electron chi connectivity index (χ2n) is 6.55. The highest BCUT2D eigenvalue weighted by molar-refractivity contribution is 8.00. The topological polar surface area (TPSA) is 97.3 Å². The normalized spacial score (nSPS) is 16.0. The summed E-state index contributed by atoms with van der Waals surface area (Å²) < 4.78 is 6.08. The maximum Gasteiger partial charge on any atom is 0.231 e. The van der Waals surface area contributed by atoms with Gasteiger partial charge in [0.2, 0.25) is 16.9 Å². The van der Waals surface area contributed by atoms with Gasteiger partial charge in [-0.2, -0.15) is 0 Å². The average Bonchev–Trinajstić information content (AvgIpc) is 3.39. The lowest BCUT2D eigenvalue weighted by molar-refractivity contribution is -0.122. The Morgan fingerprint density at radius 1 is 1.27 bits per heavy atom. The maximum absolute atomic E-state index is 12.7. The summed E-state index contributed by atoms with van der Waals surface area (Å²) in [6, 6.07) is 13.0. The number of pyridine rings is 1. The van der Waals surface area contributed by atoms with E-state index in [0.29, 0.717) is 28.9 Å². The molecule has 3 heterocycles. The van der Waals surface area contributed by atoms with Crippen LogP contribution in [0.3, 0.4) is 0 Å². The molecular weight excluding hydrogens is 422 g/mol. The standard InChI is InChI=1S/C20H19N5O3S2/c1-28-16-8-3-2-7-15(16)25-11-13(10-17(25)26)18(27)22-19-23-24-20(30-19)29-12-14-6-4-5-9-21-14/h2-9,13H,10-12H2,1H3,(H,22,23,27)/t13-/m1/s1. The van der Waals surface area contributed by atoms with Crippen LogP contribution in [0.2, 0.25) is 0 Å². The van der Waals surface area contributed by atoms with Crippen LogP contribution in [-0.4, -0.2) is 40.7 Å². The minimum atomic E-state index is -0.462. The number of amides is 2. The average molecular weight is 442 g/mol. The largest absolute Gasteiger partial charge is 0.495 e. The molecule has 1 fully saturated rings. The molecule has 1 saturated heterocycles. The van der Waals surface area contributed by atoms with Gasteiger partial charge in [-0.3, -0.25) is 14.6 Å². The number of thioether (sulfide) groups is 1. The lowest BCUT2D eigenvalue weighted by Gasteiger charge is -2.19. The maximum atomic E-state index is 12.7. The number of nitrogens with zero attached hydrogens (tertiary/aromatic N) is 4. The van der Waals surface area contributed by atoms with Crippen LogP contribution in [0.25, 0.3) is 0 Å². The van der Waals surface area contributed by atoms with E-state index in [1.54, 1.807) is 24.3 Å². The van der Waals surface area contributed by atoms with Gasteiger partial charge in [-0.15, -0.1) is 10.2 Å². The molecule has 0 radical (unpaired) electrons. The lowest BCUT2D eigenvalue weighted by Crippen LogP contribution is -2.28. The van der Waals surface area contributed by atoms with E-state index in [9.17, 15) is 9.59 Å². The third kappa shape index (κ3) is 4.60. The first-order valence-corrected chi connectivity index (χ1v) is 11.0. The summed E-state index contributed by atoms with van der Waals surface area (Å²) >= 11 is 2.82. The number of methoxy groups -OCH3 is 1. The predicted molar refractivity (Wildman–Crippen MR) is 116 cm³/mol. The van der Waals surface area contributed by atoms with Crippen molar-refractivity contribution in [3.05, 3.63) is 54.4 Å². The fourth-order valence-electron chi connectivity index (χ4n) is 3.11. The van der Waals surface area contributed by atoms with E-state index >= 15 is 0 Å². The van der Waals surface area contributed by atoms with Crippen molar-refractivity contribution in [3.8, 4) is 5.75 Å². The van der Waals surface area contributed by atoms with Crippen LogP contribution in [0, 0.1) is 5.92 Å². The lowest BCUT2D eigenvalue weighted by atomic mass is 10.1. The van der Waals surface area contributed by atoms with Gasteiger partial charge in [0.05, 0.1) is 24.4 Å². The highest BCUT2D eigenvalue weighted by atomic mass is 32.2. The van der Waals surface area contributed by atoms with E-state index in [0.717, 1.165) is 10.0 Å². The number of carbonyl (C=O) groups excluding carboxylic acids is 2. The zero-order valence-corrected chi connectivity index (χ0v) is 17.8. The Morgan fingerprint density at radius 3 is 2.90 bits per heavy atom. The Morgan fingerprint density at radius 2 is 2.10 bits per heavy atom. The van der Waals surface area contributed by atoms with Crippen molar-refractivity contribution in [1.29, 1.82) is 0 Å². The first kappa shape index (κ1) is 20.3. The zero-order chi connectivity index (χ0) is 20.9. The van der Waals surface area contributed by atoms with Crippen molar-refractivity contribution in [2.75, 3.05) is 23.9 Å². The SMILES string of the molecule is COc1ccccc1N1C[C@H](C(=O)Nc2nnc(SCc3ccccn3)s2)CC1=O. The van der Waals surface area contributed by atoms with E-state index in [2.05, 4.69) is 20.5 Å². The molecule has 30 heavy (non-hydrogen) atoms. The molecule has 1 atom stereocenters. The summed E-state index contributed by atoms with van der Waals surface area (Å²) in [6.45, 7) is 0.297. The molecule has 0 unspecified atom stereocenters. The summed E-state index contributed by atoms with van der Waals surface area (Å²) in [5.74, 6) is 0.470. The molecule has 1 aromatic carbocycles. The molecule has 0 saturated carbocycles. The molecular formula is C20H19N5O3S2. The molecule has 3 aromatic rings. The zero-order valence-electron chi connectivity index (χ0n) is 16.1. The van der Waals surface area contributed by atoms with Gasteiger partial charge in [-0.1, -0.05) is 41.3 Å². The highest BCUT2D eigenvalue weighted by Crippen LogP contribution is 2.33. The second kappa shape index (κ2) is 9.23. The van der Waals surface area contributed by atoms with Crippen LogP contribution in [0.4, 0.5) is 10.8 Å². The fraction of sp³-hybridized carbons (Fsp3) is 0.250. The third-order valence-electron chi connectivity index (χ3n) is 4.58. The molecule has 0 bridgehead atoms. The summed E-state index contributed by atoms with van der Waals surface area (Å²) in [5, 5.41) is 11.4. The number of aromatic nitrogens is 3. The molecule has 1 aliphatic rings. The Hall–Kier alpha value is -2.98. The molecule has 0 aliphatic carbocycles. The molecule has 2 amide bonds. The minimum Gasteiger partial charge on any atom is -0.495 e. The smallest absolute Gasteiger partial charge is 0.231 e. The van der Waals surface area contributed by atoms with E-state index in [1.165, 1.54) is 23.1 Å². The third-order valence-corrected chi connectivity index (χ3v) is 6.58. The predicted octanol–water partition coefficient (Wildman–Crippen LogP) is 3.23. The van der Waals surface area contributed by atoms with Crippen LogP contribution in [0.15, 0.2) is 53.0 Å². The van der Waals surface area contributed by atoms with Crippen molar-refractivity contribution < 1.29 is 14.3 Å². The van der Waals surface area contributed by atoms with Crippen LogP contribution >= 0.6 is 23.1 Å². The number of benzene rings is 1. The van der Waals surface area contributed by atoms with E-state index in [1.807, 2.05) is 36.4 Å². The number of nitrogens with one attached hydrogen (secondary N) is 1. The highest BCUT2D eigenvalue weighted by Gasteiger charge is 2.36. The second-order valence-corrected chi connectivity index (χ2v) is 8.75. The number of hydrogen-bond acceptors (Lipinski definition) is 8. The van der Waals surface area contributed by atoms with Crippen molar-refractivity contribution in [2.45, 2.75) is 16.5 Å². The van der Waals surface area contributed by atoms with E-state index < -0.39 is 5.92 Å². The van der Waals surface area contributed by atoms with Crippen molar-refractivity contribution in [2.24, 2.45) is 5.92 Å². The van der Waals surface area contributed by atoms with Crippen molar-refractivity contribution >= 4 is 45.7 Å². The van der Waals surface area contributed by atoms with E-state index in [4.69, 9.17) is 4.74 Å². The Kier molecular flexibility index (Phi) is 6.24. The summed E-state index contributed by atoms with van der Waals surface area (Å²) in [7, 11) is 1.56. The number of hydrogen-bond donors (Lipinski definition) is 1. The monoisotopic (exact) mass is 441 g/mol. The summed E-state index contributed by atoms with van der Waals surface area (Å²) in [6.07, 6.45) is 1.89. The van der Waals surface area contributed by atoms with Gasteiger partial charge >= 0.3 is 0 Å². The van der Waals surface area contributed by atoms with Gasteiger partial charge in [0.15, 0.2) is 4.34 Å². The molecule has 8 nitrogen and oxygen atoms in total. The fourth-order valence-corrected chi connectivity index (χ4v) is 4.78. The van der Waals surface area contributed by atoms with Gasteiger partial charge in [-0.25, -0.2) is 0 Å². The van der Waals surface area contributed by atoms with Gasteiger partial charge in [-0.05, 0) is 24.3 Å².